The van der Waals surface area contributed by atoms with Gasteiger partial charge in [-0.2, -0.15) is 13.9 Å². The Morgan fingerprint density at radius 1 is 1.10 bits per heavy atom. The van der Waals surface area contributed by atoms with Gasteiger partial charge in [-0.15, -0.1) is 11.3 Å². The minimum atomic E-state index is -3.20. The lowest BCUT2D eigenvalue weighted by Crippen LogP contribution is -2.39. The maximum absolute atomic E-state index is 14.9. The van der Waals surface area contributed by atoms with Gasteiger partial charge in [-0.25, -0.2) is 22.5 Å². The highest BCUT2D eigenvalue weighted by Crippen LogP contribution is 2.39. The second-order valence-electron chi connectivity index (χ2n) is 9.30. The van der Waals surface area contributed by atoms with Crippen LogP contribution in [0.3, 0.4) is 0 Å². The number of thiocarbonyl (C=S) groups is 1. The van der Waals surface area contributed by atoms with Crippen molar-refractivity contribution in [2.45, 2.75) is 56.6 Å². The summed E-state index contributed by atoms with van der Waals surface area (Å²) in [6.45, 7) is 0.865. The highest BCUT2D eigenvalue weighted by Gasteiger charge is 2.47. The number of likely N-dealkylation sites (tertiary alicyclic amines) is 1. The Bertz CT molecular complexity index is 1340. The van der Waals surface area contributed by atoms with Crippen molar-refractivity contribution in [2.24, 2.45) is 5.16 Å². The van der Waals surface area contributed by atoms with Crippen LogP contribution in [0.4, 0.5) is 26.3 Å². The highest BCUT2D eigenvalue weighted by molar-refractivity contribution is 7.80. The summed E-state index contributed by atoms with van der Waals surface area (Å²) in [5, 5.41) is 10.1. The van der Waals surface area contributed by atoms with Crippen LogP contribution in [0, 0.1) is 0 Å². The molecule has 14 heteroatoms. The highest BCUT2D eigenvalue weighted by atomic mass is 32.1. The lowest BCUT2D eigenvalue weighted by molar-refractivity contribution is -0.131. The van der Waals surface area contributed by atoms with Crippen molar-refractivity contribution in [1.82, 2.24) is 19.7 Å². The van der Waals surface area contributed by atoms with Gasteiger partial charge in [-0.1, -0.05) is 47.7 Å². The fraction of sp³-hybridized carbons (Fsp3) is 0.440. The number of thiazole rings is 1. The summed E-state index contributed by atoms with van der Waals surface area (Å²) in [6, 6.07) is 8.17. The quantitative estimate of drug-likeness (QED) is 0.217. The molecule has 1 aromatic carbocycles. The SMILES string of the molecule is FC(F)c1cc(C(F)F)n(CC(=S)N2CCC(c3nc(C4=NOC(C(F)(F)c5ccccc5)C4)cs3)CC2)n1. The minimum Gasteiger partial charge on any atom is -0.385 e. The number of alkyl halides is 6. The Morgan fingerprint density at radius 2 is 1.82 bits per heavy atom. The van der Waals surface area contributed by atoms with E-state index in [9.17, 15) is 26.3 Å². The van der Waals surface area contributed by atoms with E-state index >= 15 is 0 Å². The summed E-state index contributed by atoms with van der Waals surface area (Å²) in [6.07, 6.45) is -6.04. The van der Waals surface area contributed by atoms with Gasteiger partial charge < -0.3 is 9.74 Å². The molecule has 1 fully saturated rings. The number of aromatic nitrogens is 3. The van der Waals surface area contributed by atoms with Gasteiger partial charge in [-0.05, 0) is 18.9 Å². The molecule has 39 heavy (non-hydrogen) atoms. The number of oxime groups is 1. The Morgan fingerprint density at radius 3 is 2.49 bits per heavy atom. The molecule has 2 aliphatic heterocycles. The van der Waals surface area contributed by atoms with Crippen molar-refractivity contribution < 1.29 is 31.2 Å². The van der Waals surface area contributed by atoms with E-state index in [1.807, 2.05) is 4.90 Å². The number of piperidine rings is 1. The number of halogens is 6. The molecular formula is C25H23F6N5OS2. The van der Waals surface area contributed by atoms with E-state index in [0.717, 1.165) is 9.69 Å². The maximum Gasteiger partial charge on any atom is 0.312 e. The summed E-state index contributed by atoms with van der Waals surface area (Å²) in [5.41, 5.74) is -0.567. The fourth-order valence-corrected chi connectivity index (χ4v) is 5.95. The van der Waals surface area contributed by atoms with Gasteiger partial charge in [0.15, 0.2) is 0 Å². The molecule has 1 atom stereocenters. The monoisotopic (exact) mass is 587 g/mol. The van der Waals surface area contributed by atoms with Gasteiger partial charge >= 0.3 is 5.92 Å². The number of nitrogens with zero attached hydrogens (tertiary/aromatic N) is 5. The first-order valence-corrected chi connectivity index (χ1v) is 13.5. The van der Waals surface area contributed by atoms with Crippen LogP contribution >= 0.6 is 23.6 Å². The molecule has 2 aliphatic rings. The average molecular weight is 588 g/mol. The van der Waals surface area contributed by atoms with Crippen LogP contribution in [0.25, 0.3) is 0 Å². The first kappa shape index (κ1) is 27.6. The Balaban J connectivity index is 1.17. The van der Waals surface area contributed by atoms with E-state index < -0.39 is 36.3 Å². The largest absolute Gasteiger partial charge is 0.385 e. The molecule has 208 valence electrons. The van der Waals surface area contributed by atoms with E-state index in [4.69, 9.17) is 17.1 Å². The smallest absolute Gasteiger partial charge is 0.312 e. The Hall–Kier alpha value is -3.00. The second kappa shape index (κ2) is 11.2. The zero-order valence-corrected chi connectivity index (χ0v) is 22.0. The molecule has 0 radical (unpaired) electrons. The molecule has 2 aromatic heterocycles. The number of benzene rings is 1. The summed E-state index contributed by atoms with van der Waals surface area (Å²) in [4.78, 5) is 11.9. The lowest BCUT2D eigenvalue weighted by atomic mass is 9.97. The average Bonchev–Trinajstić information content (AvgIpc) is 3.69. The van der Waals surface area contributed by atoms with Gasteiger partial charge in [0.2, 0.25) is 6.10 Å². The summed E-state index contributed by atoms with van der Waals surface area (Å²) in [5.74, 6) is -3.11. The minimum absolute atomic E-state index is 0.0703. The number of rotatable bonds is 8. The normalized spacial score (nSPS) is 18.6. The van der Waals surface area contributed by atoms with E-state index in [2.05, 4.69) is 15.2 Å². The second-order valence-corrected chi connectivity index (χ2v) is 10.7. The van der Waals surface area contributed by atoms with Crippen molar-refractivity contribution in [2.75, 3.05) is 13.1 Å². The predicted octanol–water partition coefficient (Wildman–Crippen LogP) is 6.71. The molecule has 4 heterocycles. The summed E-state index contributed by atoms with van der Waals surface area (Å²) < 4.78 is 83.1. The molecule has 1 saturated heterocycles. The first-order valence-electron chi connectivity index (χ1n) is 12.2. The Labute approximate surface area is 229 Å². The van der Waals surface area contributed by atoms with E-state index in [1.165, 1.54) is 23.5 Å². The van der Waals surface area contributed by atoms with Crippen LogP contribution in [0.15, 0.2) is 46.9 Å². The van der Waals surface area contributed by atoms with Crippen LogP contribution in [-0.2, 0) is 17.3 Å². The third kappa shape index (κ3) is 5.81. The first-order chi connectivity index (χ1) is 18.6. The van der Waals surface area contributed by atoms with Crippen LogP contribution in [0.5, 0.6) is 0 Å². The summed E-state index contributed by atoms with van der Waals surface area (Å²) in [7, 11) is 0. The molecule has 0 spiro atoms. The van der Waals surface area contributed by atoms with Gasteiger partial charge in [-0.3, -0.25) is 4.68 Å². The Kier molecular flexibility index (Phi) is 7.94. The van der Waals surface area contributed by atoms with Crippen LogP contribution in [-0.4, -0.2) is 49.6 Å². The molecule has 1 unspecified atom stereocenters. The summed E-state index contributed by atoms with van der Waals surface area (Å²) >= 11 is 6.83. The molecule has 5 rings (SSSR count). The van der Waals surface area contributed by atoms with E-state index in [0.29, 0.717) is 48.4 Å². The maximum atomic E-state index is 14.9. The van der Waals surface area contributed by atoms with Crippen molar-refractivity contribution >= 4 is 34.3 Å². The zero-order valence-electron chi connectivity index (χ0n) is 20.3. The van der Waals surface area contributed by atoms with Gasteiger partial charge in [0.05, 0.1) is 22.2 Å². The topological polar surface area (TPSA) is 55.5 Å². The molecule has 3 aromatic rings. The predicted molar refractivity (Wildman–Crippen MR) is 137 cm³/mol. The van der Waals surface area contributed by atoms with E-state index in [1.54, 1.807) is 23.6 Å². The van der Waals surface area contributed by atoms with Crippen molar-refractivity contribution in [1.29, 1.82) is 0 Å². The van der Waals surface area contributed by atoms with Crippen molar-refractivity contribution in [3.63, 3.8) is 0 Å². The molecule has 0 amide bonds. The van der Waals surface area contributed by atoms with Gasteiger partial charge in [0, 0.05) is 36.4 Å². The number of hydrogen-bond donors (Lipinski definition) is 0. The molecular weight excluding hydrogens is 564 g/mol. The third-order valence-corrected chi connectivity index (χ3v) is 8.20. The molecule has 0 bridgehead atoms. The molecule has 6 nitrogen and oxygen atoms in total. The van der Waals surface area contributed by atoms with Crippen LogP contribution < -0.4 is 0 Å². The van der Waals surface area contributed by atoms with Crippen molar-refractivity contribution in [3.05, 3.63) is 69.4 Å². The van der Waals surface area contributed by atoms with Crippen LogP contribution in [0.2, 0.25) is 0 Å². The van der Waals surface area contributed by atoms with Gasteiger partial charge in [0.25, 0.3) is 12.9 Å². The van der Waals surface area contributed by atoms with E-state index in [-0.39, 0.29) is 24.4 Å². The van der Waals surface area contributed by atoms with Gasteiger partial charge in [0.1, 0.15) is 17.1 Å². The molecule has 0 N–H and O–H groups in total. The third-order valence-electron chi connectivity index (χ3n) is 6.81. The fourth-order valence-electron chi connectivity index (χ4n) is 4.64. The van der Waals surface area contributed by atoms with Crippen molar-refractivity contribution in [3.8, 4) is 0 Å². The molecule has 0 saturated carbocycles. The number of hydrogen-bond acceptors (Lipinski definition) is 6. The molecule has 0 aliphatic carbocycles. The lowest BCUT2D eigenvalue weighted by Gasteiger charge is -2.33. The standard InChI is InChI=1S/C25H23F6N5OS2/c26-22(27)17-10-19(23(28)29)36(33-17)12-21(38)35-8-6-14(7-9-35)24-32-18(13-39-24)16-11-20(37-34-16)25(30,31)15-4-2-1-3-5-15/h1-5,10,13-14,20,22-23H,6-9,11-12H2. The van der Waals surface area contributed by atoms with Crippen LogP contribution in [0.1, 0.15) is 65.7 Å². The zero-order chi connectivity index (χ0) is 27.7.